The summed E-state index contributed by atoms with van der Waals surface area (Å²) in [5, 5.41) is 13.3. The Balaban J connectivity index is 1.04. The number of benzene rings is 10. The largest absolute Gasteiger partial charge is 0.454 e. The molecule has 0 saturated carbocycles. The van der Waals surface area contributed by atoms with Gasteiger partial charge in [-0.1, -0.05) is 153 Å². The first kappa shape index (κ1) is 38.5. The third kappa shape index (κ3) is 6.31. The molecule has 0 spiro atoms. The van der Waals surface area contributed by atoms with E-state index in [1.54, 1.807) is 0 Å². The maximum Gasteiger partial charge on any atom is 0.159 e. The Morgan fingerprint density at radius 3 is 1.25 bits per heavy atom. The summed E-state index contributed by atoms with van der Waals surface area (Å²) < 4.78 is 13.4. The van der Waals surface area contributed by atoms with Gasteiger partial charge in [-0.25, -0.2) is 0 Å². The number of nitrogens with zero attached hydrogens (tertiary/aromatic N) is 2. The quantitative estimate of drug-likeness (QED) is 0.107. The average Bonchev–Trinajstić information content (AvgIpc) is 3.88. The molecule has 0 unspecified atom stereocenters. The molecule has 310 valence electrons. The minimum Gasteiger partial charge on any atom is -0.454 e. The number of hydrogen-bond acceptors (Lipinski definition) is 4. The van der Waals surface area contributed by atoms with Crippen LogP contribution in [0.3, 0.4) is 0 Å². The normalized spacial score (nSPS) is 12.3. The third-order valence-corrected chi connectivity index (χ3v) is 16.5. The molecular weight excluding hydrogens is 813 g/mol. The van der Waals surface area contributed by atoms with E-state index in [9.17, 15) is 0 Å². The highest BCUT2D eigenvalue weighted by Gasteiger charge is 2.24. The van der Waals surface area contributed by atoms with Gasteiger partial charge < -0.3 is 18.6 Å². The van der Waals surface area contributed by atoms with Crippen LogP contribution in [0.1, 0.15) is 5.56 Å². The van der Waals surface area contributed by atoms with Gasteiger partial charge in [-0.2, -0.15) is 0 Å². The number of fused-ring (bicyclic) bond motifs is 6. The van der Waals surface area contributed by atoms with Crippen LogP contribution in [-0.2, 0) is 6.04 Å². The Morgan fingerprint density at radius 1 is 0.422 bits per heavy atom. The summed E-state index contributed by atoms with van der Waals surface area (Å²) >= 11 is 0. The fourth-order valence-electron chi connectivity index (χ4n) is 10.1. The Kier molecular flexibility index (Phi) is 8.87. The summed E-state index contributed by atoms with van der Waals surface area (Å²) in [4.78, 5) is 4.77. The average molecular weight is 861 g/mol. The molecule has 2 heterocycles. The van der Waals surface area contributed by atoms with Crippen LogP contribution >= 0.6 is 0 Å². The van der Waals surface area contributed by atoms with Gasteiger partial charge in [0.25, 0.3) is 0 Å². The van der Waals surface area contributed by atoms with Crippen molar-refractivity contribution in [3.05, 3.63) is 188 Å². The molecule has 2 aromatic heterocycles. The van der Waals surface area contributed by atoms with Crippen molar-refractivity contribution in [1.82, 2.24) is 0 Å². The predicted molar refractivity (Wildman–Crippen MR) is 280 cm³/mol. The predicted octanol–water partition coefficient (Wildman–Crippen LogP) is 16.4. The van der Waals surface area contributed by atoms with Crippen molar-refractivity contribution in [2.75, 3.05) is 9.80 Å². The van der Waals surface area contributed by atoms with E-state index < -0.39 is 16.9 Å². The van der Waals surface area contributed by atoms with Gasteiger partial charge in [0.1, 0.15) is 11.2 Å². The van der Waals surface area contributed by atoms with Crippen LogP contribution in [0.5, 0.6) is 0 Å². The number of anilines is 6. The highest BCUT2D eigenvalue weighted by molar-refractivity contribution is 6.88. The molecule has 10 aromatic carbocycles. The van der Waals surface area contributed by atoms with Crippen molar-refractivity contribution in [1.29, 1.82) is 0 Å². The molecule has 12 aromatic rings. The van der Waals surface area contributed by atoms with E-state index in [1.165, 1.54) is 49.1 Å². The van der Waals surface area contributed by atoms with Crippen molar-refractivity contribution in [3.8, 4) is 0 Å². The summed E-state index contributed by atoms with van der Waals surface area (Å²) in [6.45, 7) is 12.0. The molecule has 0 aliphatic carbocycles. The van der Waals surface area contributed by atoms with Crippen LogP contribution < -0.4 is 15.0 Å². The van der Waals surface area contributed by atoms with Crippen molar-refractivity contribution < 1.29 is 8.83 Å². The number of furan rings is 2. The van der Waals surface area contributed by atoms with Crippen molar-refractivity contribution >= 4 is 132 Å². The zero-order valence-corrected chi connectivity index (χ0v) is 39.0. The lowest BCUT2D eigenvalue weighted by Crippen LogP contribution is -2.37. The van der Waals surface area contributed by atoms with E-state index in [0.717, 1.165) is 78.0 Å². The monoisotopic (exact) mass is 860 g/mol. The third-order valence-electron chi connectivity index (χ3n) is 13.1. The lowest BCUT2D eigenvalue weighted by atomic mass is 9.92. The topological polar surface area (TPSA) is 32.8 Å². The molecule has 4 nitrogen and oxygen atoms in total. The molecule has 0 radical (unpaired) electrons. The highest BCUT2D eigenvalue weighted by Crippen LogP contribution is 2.48. The Hall–Kier alpha value is -7.13. The Labute approximate surface area is 375 Å². The van der Waals surface area contributed by atoms with E-state index in [0.29, 0.717) is 0 Å². The first-order chi connectivity index (χ1) is 31.2. The second-order valence-electron chi connectivity index (χ2n) is 18.9. The number of hydrogen-bond donors (Lipinski definition) is 0. The molecule has 0 saturated heterocycles. The standard InChI is InChI=1S/C58H48N2O2Si2/c1-63(2)36-37-20-26-42(27-21-37)59(51-16-10-14-49-47-12-6-8-18-53(47)61-57(49)51)44-32-38-22-24-40-34-45(35-41-25-23-39(33-44)55(38)56(40)41)60(43-28-30-46(31-29-43)64(3,4)5)52-17-11-15-50-48-13-7-9-19-54(48)62-58(50)52/h6-35,63H,36H2,1-5H3. The SMILES string of the molecule is C[SiH](C)Cc1ccc(N(c2cc3ccc4cc(N(c5ccc([Si](C)(C)C)cc5)c5cccc6c5oc5ccccc56)cc5ccc(c2)c3c45)c2cccc3c2oc2ccccc23)cc1. The molecule has 0 aliphatic heterocycles. The molecule has 0 atom stereocenters. The molecule has 0 fully saturated rings. The van der Waals surface area contributed by atoms with Crippen LogP contribution in [0.2, 0.25) is 32.7 Å². The zero-order valence-electron chi connectivity index (χ0n) is 36.8. The first-order valence-electron chi connectivity index (χ1n) is 22.5. The highest BCUT2D eigenvalue weighted by atomic mass is 28.3. The minimum absolute atomic E-state index is 0.770. The molecule has 0 amide bonds. The Bertz CT molecular complexity index is 3660. The summed E-state index contributed by atoms with van der Waals surface area (Å²) in [5.74, 6) is 0. The molecule has 0 bridgehead atoms. The lowest BCUT2D eigenvalue weighted by Gasteiger charge is -2.28. The van der Waals surface area contributed by atoms with Crippen LogP contribution in [0.4, 0.5) is 34.1 Å². The maximum atomic E-state index is 6.69. The molecular formula is C58H48N2O2Si2. The van der Waals surface area contributed by atoms with E-state index in [4.69, 9.17) is 8.83 Å². The molecule has 6 heteroatoms. The smallest absolute Gasteiger partial charge is 0.159 e. The minimum atomic E-state index is -1.52. The van der Waals surface area contributed by atoms with Gasteiger partial charge in [0, 0.05) is 53.1 Å². The molecule has 64 heavy (non-hydrogen) atoms. The fraction of sp³-hybridized carbons (Fsp3) is 0.103. The maximum absolute atomic E-state index is 6.69. The number of rotatable bonds is 9. The van der Waals surface area contributed by atoms with E-state index in [-0.39, 0.29) is 0 Å². The Morgan fingerprint density at radius 2 is 0.828 bits per heavy atom. The first-order valence-corrected chi connectivity index (χ1v) is 29.1. The van der Waals surface area contributed by atoms with Crippen molar-refractivity contribution in [2.24, 2.45) is 0 Å². The summed E-state index contributed by atoms with van der Waals surface area (Å²) in [7, 11) is -2.29. The van der Waals surface area contributed by atoms with Gasteiger partial charge in [0.05, 0.1) is 19.4 Å². The number of para-hydroxylation sites is 4. The summed E-state index contributed by atoms with van der Waals surface area (Å²) in [5.41, 5.74) is 11.4. The van der Waals surface area contributed by atoms with Crippen LogP contribution in [-0.4, -0.2) is 16.9 Å². The second-order valence-corrected chi connectivity index (χ2v) is 27.2. The lowest BCUT2D eigenvalue weighted by molar-refractivity contribution is 0.668. The van der Waals surface area contributed by atoms with Gasteiger partial charge in [-0.3, -0.25) is 0 Å². The van der Waals surface area contributed by atoms with Gasteiger partial charge in [-0.15, -0.1) is 0 Å². The van der Waals surface area contributed by atoms with Gasteiger partial charge in [-0.05, 0) is 111 Å². The van der Waals surface area contributed by atoms with E-state index >= 15 is 0 Å². The van der Waals surface area contributed by atoms with Crippen molar-refractivity contribution in [3.63, 3.8) is 0 Å². The van der Waals surface area contributed by atoms with Gasteiger partial charge in [0.2, 0.25) is 0 Å². The second kappa shape index (κ2) is 14.7. The van der Waals surface area contributed by atoms with E-state index in [2.05, 4.69) is 212 Å². The fourth-order valence-corrected chi connectivity index (χ4v) is 12.5. The van der Waals surface area contributed by atoms with Crippen molar-refractivity contribution in [2.45, 2.75) is 38.8 Å². The molecule has 12 rings (SSSR count). The van der Waals surface area contributed by atoms with E-state index in [1.807, 2.05) is 12.1 Å². The van der Waals surface area contributed by atoms with Gasteiger partial charge in [0.15, 0.2) is 11.2 Å². The van der Waals surface area contributed by atoms with Gasteiger partial charge >= 0.3 is 0 Å². The summed E-state index contributed by atoms with van der Waals surface area (Å²) in [6, 6.07) is 68.0. The molecule has 0 N–H and O–H groups in total. The zero-order chi connectivity index (χ0) is 43.3. The van der Waals surface area contributed by atoms with Crippen LogP contribution in [0.15, 0.2) is 191 Å². The summed E-state index contributed by atoms with van der Waals surface area (Å²) in [6.07, 6.45) is 0. The van der Waals surface area contributed by atoms with Crippen LogP contribution in [0, 0.1) is 0 Å². The van der Waals surface area contributed by atoms with Crippen LogP contribution in [0.25, 0.3) is 76.2 Å². The molecule has 0 aliphatic rings.